The molecule has 0 bridgehead atoms. The van der Waals surface area contributed by atoms with E-state index in [1.807, 2.05) is 0 Å². The van der Waals surface area contributed by atoms with E-state index in [4.69, 9.17) is 5.11 Å². The van der Waals surface area contributed by atoms with E-state index in [0.717, 1.165) is 18.6 Å². The molecule has 1 aliphatic rings. The summed E-state index contributed by atoms with van der Waals surface area (Å²) in [6.07, 6.45) is 9.89. The van der Waals surface area contributed by atoms with Crippen molar-refractivity contribution in [3.8, 4) is 0 Å². The highest BCUT2D eigenvalue weighted by Crippen LogP contribution is 2.35. The molecule has 1 fully saturated rings. The molecule has 2 nitrogen and oxygen atoms in total. The molecule has 1 heterocycles. The van der Waals surface area contributed by atoms with Crippen molar-refractivity contribution in [1.82, 2.24) is 4.90 Å². The summed E-state index contributed by atoms with van der Waals surface area (Å²) >= 11 is 4.68. The van der Waals surface area contributed by atoms with Gasteiger partial charge in [0.2, 0.25) is 0 Å². The van der Waals surface area contributed by atoms with Gasteiger partial charge in [0.25, 0.3) is 0 Å². The molecule has 0 amide bonds. The lowest BCUT2D eigenvalue weighted by Crippen LogP contribution is -2.41. The van der Waals surface area contributed by atoms with Crippen molar-refractivity contribution < 1.29 is 5.11 Å². The highest BCUT2D eigenvalue weighted by Gasteiger charge is 2.33. The fraction of sp³-hybridized carbons (Fsp3) is 1.00. The third-order valence-electron chi connectivity index (χ3n) is 4.63. The standard InChI is InChI=1S/C16H33NOS/c1-3-9-16(14-19,10-4-2)13-17-11-5-7-15(17)8-6-12-18/h15,18-19H,3-14H2,1-2H3. The van der Waals surface area contributed by atoms with E-state index in [2.05, 4.69) is 31.4 Å². The minimum absolute atomic E-state index is 0.339. The normalized spacial score (nSPS) is 21.2. The van der Waals surface area contributed by atoms with E-state index >= 15 is 0 Å². The maximum absolute atomic E-state index is 9.03. The summed E-state index contributed by atoms with van der Waals surface area (Å²) in [5.41, 5.74) is 0.411. The van der Waals surface area contributed by atoms with E-state index in [0.29, 0.717) is 18.1 Å². The number of hydrogen-bond donors (Lipinski definition) is 2. The molecule has 3 heteroatoms. The second kappa shape index (κ2) is 9.25. The van der Waals surface area contributed by atoms with Crippen LogP contribution in [0.4, 0.5) is 0 Å². The van der Waals surface area contributed by atoms with Crippen LogP contribution in [0, 0.1) is 5.41 Å². The van der Waals surface area contributed by atoms with E-state index in [-0.39, 0.29) is 0 Å². The Bertz CT molecular complexity index is 229. The molecule has 1 saturated heterocycles. The zero-order valence-corrected chi connectivity index (χ0v) is 13.8. The largest absolute Gasteiger partial charge is 0.396 e. The van der Waals surface area contributed by atoms with E-state index in [1.54, 1.807) is 0 Å². The van der Waals surface area contributed by atoms with Gasteiger partial charge in [0, 0.05) is 19.2 Å². The average molecular weight is 288 g/mol. The van der Waals surface area contributed by atoms with Crippen LogP contribution in [0.1, 0.15) is 65.2 Å². The Morgan fingerprint density at radius 3 is 2.47 bits per heavy atom. The predicted octanol–water partition coefficient (Wildman–Crippen LogP) is 3.74. The highest BCUT2D eigenvalue weighted by molar-refractivity contribution is 7.80. The van der Waals surface area contributed by atoms with Gasteiger partial charge >= 0.3 is 0 Å². The third kappa shape index (κ3) is 5.28. The van der Waals surface area contributed by atoms with E-state index < -0.39 is 0 Å². The Morgan fingerprint density at radius 2 is 1.95 bits per heavy atom. The first kappa shape index (κ1) is 17.3. The van der Waals surface area contributed by atoms with Crippen molar-refractivity contribution >= 4 is 12.6 Å². The first-order chi connectivity index (χ1) is 9.21. The predicted molar refractivity (Wildman–Crippen MR) is 87.0 cm³/mol. The number of thiol groups is 1. The summed E-state index contributed by atoms with van der Waals surface area (Å²) in [6, 6.07) is 0.708. The van der Waals surface area contributed by atoms with Gasteiger partial charge in [0.05, 0.1) is 0 Å². The minimum atomic E-state index is 0.339. The first-order valence-corrected chi connectivity index (χ1v) is 8.80. The fourth-order valence-corrected chi connectivity index (χ4v) is 4.16. The molecule has 1 rings (SSSR count). The van der Waals surface area contributed by atoms with Crippen LogP contribution in [0.3, 0.4) is 0 Å². The zero-order valence-electron chi connectivity index (χ0n) is 12.9. The van der Waals surface area contributed by atoms with Crippen molar-refractivity contribution in [2.24, 2.45) is 5.41 Å². The first-order valence-electron chi connectivity index (χ1n) is 8.17. The Labute approximate surface area is 125 Å². The van der Waals surface area contributed by atoms with Crippen LogP contribution >= 0.6 is 12.6 Å². The average Bonchev–Trinajstić information content (AvgIpc) is 2.84. The Balaban J connectivity index is 2.60. The number of rotatable bonds is 10. The summed E-state index contributed by atoms with van der Waals surface area (Å²) in [4.78, 5) is 2.69. The second-order valence-electron chi connectivity index (χ2n) is 6.29. The van der Waals surface area contributed by atoms with Gasteiger partial charge in [-0.15, -0.1) is 0 Å². The SMILES string of the molecule is CCCC(CS)(CCC)CN1CCCC1CCCO. The van der Waals surface area contributed by atoms with Crippen LogP contribution in [-0.4, -0.2) is 41.5 Å². The van der Waals surface area contributed by atoms with Gasteiger partial charge in [0.15, 0.2) is 0 Å². The molecule has 1 N–H and O–H groups in total. The van der Waals surface area contributed by atoms with Gasteiger partial charge in [-0.25, -0.2) is 0 Å². The number of nitrogens with zero attached hydrogens (tertiary/aromatic N) is 1. The van der Waals surface area contributed by atoms with Crippen molar-refractivity contribution in [2.75, 3.05) is 25.4 Å². The summed E-state index contributed by atoms with van der Waals surface area (Å²) < 4.78 is 0. The Kier molecular flexibility index (Phi) is 8.43. The maximum Gasteiger partial charge on any atom is 0.0431 e. The van der Waals surface area contributed by atoms with Gasteiger partial charge in [-0.1, -0.05) is 26.7 Å². The van der Waals surface area contributed by atoms with Gasteiger partial charge in [-0.05, 0) is 56.2 Å². The summed E-state index contributed by atoms with van der Waals surface area (Å²) in [7, 11) is 0. The van der Waals surface area contributed by atoms with E-state index in [1.165, 1.54) is 51.6 Å². The molecule has 1 unspecified atom stereocenters. The molecule has 0 aliphatic carbocycles. The van der Waals surface area contributed by atoms with Crippen LogP contribution in [0.2, 0.25) is 0 Å². The van der Waals surface area contributed by atoms with Crippen LogP contribution in [0.5, 0.6) is 0 Å². The number of hydrogen-bond acceptors (Lipinski definition) is 3. The summed E-state index contributed by atoms with van der Waals surface area (Å²) in [6.45, 7) is 7.39. The van der Waals surface area contributed by atoms with Gasteiger partial charge in [-0.3, -0.25) is 4.90 Å². The van der Waals surface area contributed by atoms with Crippen molar-refractivity contribution in [3.05, 3.63) is 0 Å². The Morgan fingerprint density at radius 1 is 1.26 bits per heavy atom. The molecule has 0 aromatic rings. The number of likely N-dealkylation sites (tertiary alicyclic amines) is 1. The van der Waals surface area contributed by atoms with E-state index in [9.17, 15) is 0 Å². The van der Waals surface area contributed by atoms with Crippen LogP contribution < -0.4 is 0 Å². The summed E-state index contributed by atoms with van der Waals surface area (Å²) in [5, 5.41) is 9.03. The summed E-state index contributed by atoms with van der Waals surface area (Å²) in [5.74, 6) is 1.01. The third-order valence-corrected chi connectivity index (χ3v) is 5.30. The molecule has 19 heavy (non-hydrogen) atoms. The van der Waals surface area contributed by atoms with Crippen LogP contribution in [0.25, 0.3) is 0 Å². The highest BCUT2D eigenvalue weighted by atomic mass is 32.1. The second-order valence-corrected chi connectivity index (χ2v) is 6.61. The molecule has 1 aliphatic heterocycles. The van der Waals surface area contributed by atoms with Gasteiger partial charge < -0.3 is 5.11 Å². The molecular formula is C16H33NOS. The van der Waals surface area contributed by atoms with Gasteiger partial charge in [0.1, 0.15) is 0 Å². The topological polar surface area (TPSA) is 23.5 Å². The van der Waals surface area contributed by atoms with Crippen LogP contribution in [-0.2, 0) is 0 Å². The Hall–Kier alpha value is 0.270. The number of aliphatic hydroxyl groups excluding tert-OH is 1. The zero-order chi connectivity index (χ0) is 14.1. The minimum Gasteiger partial charge on any atom is -0.396 e. The maximum atomic E-state index is 9.03. The molecule has 0 saturated carbocycles. The fourth-order valence-electron chi connectivity index (χ4n) is 3.74. The molecule has 0 spiro atoms. The van der Waals surface area contributed by atoms with Crippen molar-refractivity contribution in [2.45, 2.75) is 71.3 Å². The van der Waals surface area contributed by atoms with Gasteiger partial charge in [-0.2, -0.15) is 12.6 Å². The molecule has 1 atom stereocenters. The lowest BCUT2D eigenvalue weighted by atomic mass is 9.80. The van der Waals surface area contributed by atoms with Crippen molar-refractivity contribution in [1.29, 1.82) is 0 Å². The molecule has 0 aromatic carbocycles. The molecule has 114 valence electrons. The molecule has 0 aromatic heterocycles. The molecular weight excluding hydrogens is 254 g/mol. The number of aliphatic hydroxyl groups is 1. The quantitative estimate of drug-likeness (QED) is 0.598. The smallest absolute Gasteiger partial charge is 0.0431 e. The lowest BCUT2D eigenvalue weighted by Gasteiger charge is -2.38. The van der Waals surface area contributed by atoms with Crippen molar-refractivity contribution in [3.63, 3.8) is 0 Å². The lowest BCUT2D eigenvalue weighted by molar-refractivity contribution is 0.127. The monoisotopic (exact) mass is 287 g/mol. The van der Waals surface area contributed by atoms with Crippen LogP contribution in [0.15, 0.2) is 0 Å². The molecule has 0 radical (unpaired) electrons.